The molecule has 1 aromatic heterocycles. The molecule has 0 spiro atoms. The lowest BCUT2D eigenvalue weighted by Gasteiger charge is -2.15. The fraction of sp³-hybridized carbons (Fsp3) is 0.250. The number of pyridine rings is 1. The second-order valence-electron chi connectivity index (χ2n) is 6.27. The highest BCUT2D eigenvalue weighted by Crippen LogP contribution is 2.18. The third kappa shape index (κ3) is 7.45. The summed E-state index contributed by atoms with van der Waals surface area (Å²) in [6.45, 7) is 3.48. The second kappa shape index (κ2) is 11.9. The van der Waals surface area contributed by atoms with E-state index in [2.05, 4.69) is 15.0 Å². The largest absolute Gasteiger partial charge is 0.492 e. The number of hydrogen-bond acceptors (Lipinski definition) is 5. The van der Waals surface area contributed by atoms with Gasteiger partial charge in [-0.05, 0) is 42.6 Å². The molecule has 29 heavy (non-hydrogen) atoms. The Morgan fingerprint density at radius 2 is 1.79 bits per heavy atom. The molecule has 0 saturated heterocycles. The molecule has 2 N–H and O–H groups in total. The summed E-state index contributed by atoms with van der Waals surface area (Å²) in [5.41, 5.74) is 0. The van der Waals surface area contributed by atoms with Crippen molar-refractivity contribution >= 4 is 45.6 Å². The van der Waals surface area contributed by atoms with Crippen LogP contribution in [-0.2, 0) is 10.0 Å². The molecule has 0 aliphatic heterocycles. The van der Waals surface area contributed by atoms with E-state index in [0.29, 0.717) is 19.7 Å². The number of aromatic nitrogens is 1. The zero-order valence-corrected chi connectivity index (χ0v) is 18.4. The predicted octanol–water partition coefficient (Wildman–Crippen LogP) is 3.41. The first-order valence-corrected chi connectivity index (χ1v) is 10.3. The minimum atomic E-state index is -3.58. The van der Waals surface area contributed by atoms with Crippen LogP contribution < -0.4 is 14.8 Å². The van der Waals surface area contributed by atoms with Gasteiger partial charge in [-0.1, -0.05) is 24.3 Å². The maximum Gasteiger partial charge on any atom is 0.240 e. The van der Waals surface area contributed by atoms with Gasteiger partial charge in [0.1, 0.15) is 12.4 Å². The average molecular weight is 458 g/mol. The van der Waals surface area contributed by atoms with Gasteiger partial charge in [0.15, 0.2) is 0 Å². The summed E-state index contributed by atoms with van der Waals surface area (Å²) < 4.78 is 33.5. The van der Waals surface area contributed by atoms with Crippen molar-refractivity contribution in [3.63, 3.8) is 0 Å². The van der Waals surface area contributed by atoms with E-state index in [1.807, 2.05) is 37.3 Å². The summed E-state index contributed by atoms with van der Waals surface area (Å²) in [6, 6.07) is 16.1. The van der Waals surface area contributed by atoms with Gasteiger partial charge in [-0.2, -0.15) is 0 Å². The van der Waals surface area contributed by atoms with E-state index in [1.165, 1.54) is 0 Å². The number of para-hydroxylation sites is 1. The smallest absolute Gasteiger partial charge is 0.240 e. The molecule has 1 atom stereocenters. The highest BCUT2D eigenvalue weighted by atomic mass is 35.5. The van der Waals surface area contributed by atoms with Crippen molar-refractivity contribution < 1.29 is 13.2 Å². The average Bonchev–Trinajstić information content (AvgIpc) is 2.68. The van der Waals surface area contributed by atoms with Crippen LogP contribution in [0.15, 0.2) is 71.9 Å². The molecule has 3 aromatic rings. The van der Waals surface area contributed by atoms with Crippen LogP contribution in [0.1, 0.15) is 6.92 Å². The van der Waals surface area contributed by atoms with Crippen LogP contribution in [0.5, 0.6) is 5.75 Å². The van der Waals surface area contributed by atoms with Crippen LogP contribution in [0, 0.1) is 0 Å². The third-order valence-electron chi connectivity index (χ3n) is 4.02. The second-order valence-corrected chi connectivity index (χ2v) is 7.99. The topological polar surface area (TPSA) is 80.3 Å². The molecular weight excluding hydrogens is 433 g/mol. The van der Waals surface area contributed by atoms with Crippen LogP contribution in [0.25, 0.3) is 10.8 Å². The van der Waals surface area contributed by atoms with Crippen molar-refractivity contribution in [3.05, 3.63) is 67.0 Å². The van der Waals surface area contributed by atoms with Gasteiger partial charge in [-0.15, -0.1) is 24.8 Å². The summed E-state index contributed by atoms with van der Waals surface area (Å²) in [7, 11) is -3.58. The normalized spacial score (nSPS) is 11.9. The Morgan fingerprint density at radius 3 is 2.55 bits per heavy atom. The molecule has 0 fully saturated rings. The highest BCUT2D eigenvalue weighted by Gasteiger charge is 2.17. The van der Waals surface area contributed by atoms with E-state index in [4.69, 9.17) is 4.74 Å². The van der Waals surface area contributed by atoms with E-state index in [9.17, 15) is 8.42 Å². The van der Waals surface area contributed by atoms with Gasteiger partial charge in [-0.25, -0.2) is 13.1 Å². The van der Waals surface area contributed by atoms with Crippen LogP contribution in [0.4, 0.5) is 0 Å². The molecule has 0 radical (unpaired) electrons. The molecule has 0 aliphatic carbocycles. The SMILES string of the molecule is C[C@H](CNCCOc1ccccc1)NS(=O)(=O)c1ccc2cnccc2c1.Cl.Cl. The first-order valence-electron chi connectivity index (χ1n) is 8.79. The molecule has 2 aromatic carbocycles. The molecule has 158 valence electrons. The van der Waals surface area contributed by atoms with Gasteiger partial charge in [0.25, 0.3) is 0 Å². The quantitative estimate of drug-likeness (QED) is 0.481. The Morgan fingerprint density at radius 1 is 1.03 bits per heavy atom. The lowest BCUT2D eigenvalue weighted by Crippen LogP contribution is -2.40. The number of rotatable bonds is 9. The van der Waals surface area contributed by atoms with Gasteiger partial charge in [0.05, 0.1) is 4.90 Å². The van der Waals surface area contributed by atoms with Crippen molar-refractivity contribution in [1.82, 2.24) is 15.0 Å². The maximum atomic E-state index is 12.6. The Kier molecular flexibility index (Phi) is 10.4. The molecule has 9 heteroatoms. The molecule has 3 rings (SSSR count). The number of benzene rings is 2. The summed E-state index contributed by atoms with van der Waals surface area (Å²) in [4.78, 5) is 4.29. The lowest BCUT2D eigenvalue weighted by molar-refractivity contribution is 0.312. The van der Waals surface area contributed by atoms with Crippen LogP contribution in [-0.4, -0.2) is 39.1 Å². The number of nitrogens with one attached hydrogen (secondary N) is 2. The fourth-order valence-electron chi connectivity index (χ4n) is 2.68. The molecule has 0 amide bonds. The van der Waals surface area contributed by atoms with E-state index in [-0.39, 0.29) is 35.8 Å². The summed E-state index contributed by atoms with van der Waals surface area (Å²) in [5, 5.41) is 4.95. The number of ether oxygens (including phenoxy) is 1. The molecule has 0 aliphatic rings. The Hall–Kier alpha value is -1.90. The van der Waals surface area contributed by atoms with Crippen LogP contribution >= 0.6 is 24.8 Å². The molecular formula is C20H25Cl2N3O3S. The summed E-state index contributed by atoms with van der Waals surface area (Å²) in [5.74, 6) is 0.819. The van der Waals surface area contributed by atoms with Crippen molar-refractivity contribution in [2.75, 3.05) is 19.7 Å². The molecule has 6 nitrogen and oxygen atoms in total. The molecule has 0 unspecified atom stereocenters. The van der Waals surface area contributed by atoms with Crippen molar-refractivity contribution in [2.45, 2.75) is 17.9 Å². The van der Waals surface area contributed by atoms with Crippen LogP contribution in [0.3, 0.4) is 0 Å². The number of hydrogen-bond donors (Lipinski definition) is 2. The molecule has 1 heterocycles. The van der Waals surface area contributed by atoms with Gasteiger partial charge < -0.3 is 10.1 Å². The Balaban J connectivity index is 0.00000210. The lowest BCUT2D eigenvalue weighted by atomic mass is 10.2. The van der Waals surface area contributed by atoms with Gasteiger partial charge in [0, 0.05) is 36.9 Å². The van der Waals surface area contributed by atoms with Gasteiger partial charge in [-0.3, -0.25) is 4.98 Å². The highest BCUT2D eigenvalue weighted by molar-refractivity contribution is 7.89. The number of fused-ring (bicyclic) bond motifs is 1. The third-order valence-corrected chi connectivity index (χ3v) is 5.61. The van der Waals surface area contributed by atoms with Crippen molar-refractivity contribution in [1.29, 1.82) is 0 Å². The van der Waals surface area contributed by atoms with Crippen molar-refractivity contribution in [3.8, 4) is 5.75 Å². The summed E-state index contributed by atoms with van der Waals surface area (Å²) >= 11 is 0. The Bertz CT molecular complexity index is 988. The van der Waals surface area contributed by atoms with E-state index in [1.54, 1.807) is 36.7 Å². The number of sulfonamides is 1. The minimum absolute atomic E-state index is 0. The minimum Gasteiger partial charge on any atom is -0.492 e. The monoisotopic (exact) mass is 457 g/mol. The van der Waals surface area contributed by atoms with E-state index in [0.717, 1.165) is 16.5 Å². The fourth-order valence-corrected chi connectivity index (χ4v) is 3.96. The zero-order chi connectivity index (χ0) is 19.1. The van der Waals surface area contributed by atoms with E-state index < -0.39 is 10.0 Å². The van der Waals surface area contributed by atoms with Crippen molar-refractivity contribution in [2.24, 2.45) is 0 Å². The van der Waals surface area contributed by atoms with Crippen LogP contribution in [0.2, 0.25) is 0 Å². The van der Waals surface area contributed by atoms with Gasteiger partial charge in [0.2, 0.25) is 10.0 Å². The standard InChI is InChI=1S/C20H23N3O3S.2ClH/c1-16(14-22-11-12-26-19-5-3-2-4-6-19)23-27(24,25)20-8-7-18-15-21-10-9-17(18)13-20;;/h2-10,13,15-16,22-23H,11-12,14H2,1H3;2*1H/t16-;;/m1../s1. The summed E-state index contributed by atoms with van der Waals surface area (Å²) in [6.07, 6.45) is 3.36. The predicted molar refractivity (Wildman–Crippen MR) is 121 cm³/mol. The Labute approximate surface area is 183 Å². The maximum absolute atomic E-state index is 12.6. The first kappa shape index (κ1) is 25.1. The number of nitrogens with zero attached hydrogens (tertiary/aromatic N) is 1. The first-order chi connectivity index (χ1) is 13.0. The van der Waals surface area contributed by atoms with E-state index >= 15 is 0 Å². The number of halogens is 2. The molecule has 0 bridgehead atoms. The van der Waals surface area contributed by atoms with Gasteiger partial charge >= 0.3 is 0 Å². The zero-order valence-electron chi connectivity index (χ0n) is 15.9. The molecule has 0 saturated carbocycles.